The molecule has 5 heteroatoms. The van der Waals surface area contributed by atoms with E-state index in [1.54, 1.807) is 24.4 Å². The number of hydrogen-bond donors (Lipinski definition) is 2. The van der Waals surface area contributed by atoms with Crippen molar-refractivity contribution < 1.29 is 9.90 Å². The number of phenolic OH excluding ortho intramolecular Hbond substituents is 1. The van der Waals surface area contributed by atoms with E-state index in [9.17, 15) is 9.90 Å². The lowest BCUT2D eigenvalue weighted by molar-refractivity contribution is -0.111. The monoisotopic (exact) mass is 465 g/mol. The topological polar surface area (TPSA) is 74.6 Å². The van der Waals surface area contributed by atoms with Gasteiger partial charge in [0.05, 0.1) is 12.4 Å². The summed E-state index contributed by atoms with van der Waals surface area (Å²) in [5.41, 5.74) is 3.61. The highest BCUT2D eigenvalue weighted by atomic mass is 16.3. The van der Waals surface area contributed by atoms with E-state index in [4.69, 9.17) is 0 Å². The molecule has 0 spiro atoms. The van der Waals surface area contributed by atoms with Crippen LogP contribution < -0.4 is 5.32 Å². The third-order valence-electron chi connectivity index (χ3n) is 5.70. The number of aldehydes is 1. The zero-order valence-electron chi connectivity index (χ0n) is 21.7. The summed E-state index contributed by atoms with van der Waals surface area (Å²) in [4.78, 5) is 18.9. The molecule has 2 N–H and O–H groups in total. The van der Waals surface area contributed by atoms with E-state index in [1.807, 2.05) is 32.0 Å². The summed E-state index contributed by atoms with van der Waals surface area (Å²) >= 11 is 0. The van der Waals surface area contributed by atoms with Gasteiger partial charge in [0.1, 0.15) is 12.0 Å². The minimum absolute atomic E-state index is 0.264. The number of rotatable bonds is 9. The largest absolute Gasteiger partial charge is 0.508 e. The summed E-state index contributed by atoms with van der Waals surface area (Å²) in [6, 6.07) is 9.09. The number of aromatic nitrogens is 1. The molecule has 1 atom stereocenters. The number of carbonyl (C=O) groups is 1. The highest BCUT2D eigenvalue weighted by molar-refractivity contribution is 5.95. The molecule has 1 fully saturated rings. The zero-order chi connectivity index (χ0) is 25.3. The van der Waals surface area contributed by atoms with Gasteiger partial charge in [-0.1, -0.05) is 77.3 Å². The van der Waals surface area contributed by atoms with E-state index in [1.165, 1.54) is 25.7 Å². The van der Waals surface area contributed by atoms with Crippen LogP contribution in [0, 0.1) is 18.8 Å². The number of nitrogens with one attached hydrogen (secondary N) is 1. The van der Waals surface area contributed by atoms with Crippen LogP contribution in [-0.4, -0.2) is 22.2 Å². The summed E-state index contributed by atoms with van der Waals surface area (Å²) in [5, 5.41) is 13.0. The lowest BCUT2D eigenvalue weighted by Gasteiger charge is -2.11. The number of aliphatic imine (C=N–C) groups is 1. The summed E-state index contributed by atoms with van der Waals surface area (Å²) in [6.07, 6.45) is 12.1. The molecule has 1 heterocycles. The third-order valence-corrected chi connectivity index (χ3v) is 5.70. The summed E-state index contributed by atoms with van der Waals surface area (Å²) in [7, 11) is 0. The molecule has 1 aromatic carbocycles. The third kappa shape index (κ3) is 11.8. The Hall–Kier alpha value is -2.95. The molecule has 1 aliphatic carbocycles. The second-order valence-corrected chi connectivity index (χ2v) is 8.85. The van der Waals surface area contributed by atoms with Gasteiger partial charge in [-0.05, 0) is 44.7 Å². The van der Waals surface area contributed by atoms with Gasteiger partial charge < -0.3 is 15.2 Å². The number of benzene rings is 1. The van der Waals surface area contributed by atoms with Crippen molar-refractivity contribution in [3.8, 4) is 5.75 Å². The summed E-state index contributed by atoms with van der Waals surface area (Å²) < 4.78 is 0. The van der Waals surface area contributed by atoms with E-state index < -0.39 is 0 Å². The first-order valence-electron chi connectivity index (χ1n) is 12.4. The molecule has 3 rings (SSSR count). The number of carbonyl (C=O) groups excluding carboxylic acids is 1. The zero-order valence-corrected chi connectivity index (χ0v) is 21.7. The molecule has 1 aromatic heterocycles. The second-order valence-electron chi connectivity index (χ2n) is 8.85. The van der Waals surface area contributed by atoms with Crippen LogP contribution in [0.5, 0.6) is 5.75 Å². The fourth-order valence-electron chi connectivity index (χ4n) is 3.03. The Morgan fingerprint density at radius 2 is 1.97 bits per heavy atom. The van der Waals surface area contributed by atoms with Crippen molar-refractivity contribution in [2.45, 2.75) is 79.7 Å². The van der Waals surface area contributed by atoms with Gasteiger partial charge >= 0.3 is 0 Å². The molecule has 2 aromatic rings. The number of unbranched alkanes of at least 4 members (excludes halogenated alkanes) is 1. The minimum atomic E-state index is 0.264. The molecule has 5 nitrogen and oxygen atoms in total. The lowest BCUT2D eigenvalue weighted by atomic mass is 10.0. The van der Waals surface area contributed by atoms with Gasteiger partial charge in [0.15, 0.2) is 0 Å². The van der Waals surface area contributed by atoms with Crippen LogP contribution >= 0.6 is 0 Å². The van der Waals surface area contributed by atoms with Crippen molar-refractivity contribution in [1.29, 1.82) is 0 Å². The molecule has 1 saturated carbocycles. The Kier molecular flexibility index (Phi) is 14.2. The number of pyridine rings is 1. The van der Waals surface area contributed by atoms with Crippen LogP contribution in [0.25, 0.3) is 6.08 Å². The quantitative estimate of drug-likeness (QED) is 0.227. The Morgan fingerprint density at radius 3 is 2.50 bits per heavy atom. The number of anilines is 1. The molecule has 0 aliphatic heterocycles. The van der Waals surface area contributed by atoms with E-state index >= 15 is 0 Å². The van der Waals surface area contributed by atoms with Gasteiger partial charge in [0.2, 0.25) is 0 Å². The van der Waals surface area contributed by atoms with Crippen molar-refractivity contribution in [2.24, 2.45) is 16.8 Å². The van der Waals surface area contributed by atoms with Gasteiger partial charge in [-0.15, -0.1) is 0 Å². The van der Waals surface area contributed by atoms with Gasteiger partial charge in [-0.25, -0.2) is 0 Å². The molecule has 0 amide bonds. The van der Waals surface area contributed by atoms with Crippen LogP contribution in [-0.2, 0) is 11.3 Å². The van der Waals surface area contributed by atoms with Gasteiger partial charge in [0, 0.05) is 34.6 Å². The van der Waals surface area contributed by atoms with Crippen LogP contribution in [0.15, 0.2) is 48.1 Å². The maximum absolute atomic E-state index is 10.2. The molecule has 1 unspecified atom stereocenters. The number of hydrogen-bond acceptors (Lipinski definition) is 4. The molecule has 1 aliphatic rings. The number of phenols is 1. The predicted octanol–water partition coefficient (Wildman–Crippen LogP) is 7.59. The number of nitrogens with zero attached hydrogens (tertiary/aromatic N) is 2. The fraction of sp³-hybridized carbons (Fsp3) is 0.483. The lowest BCUT2D eigenvalue weighted by Crippen LogP contribution is -2.09. The van der Waals surface area contributed by atoms with Gasteiger partial charge in [0.25, 0.3) is 0 Å². The molecule has 34 heavy (non-hydrogen) atoms. The Morgan fingerprint density at radius 1 is 1.29 bits per heavy atom. The Bertz CT molecular complexity index is 904. The predicted molar refractivity (Wildman–Crippen MR) is 145 cm³/mol. The SMILES string of the molecule is C=Cc1c(NC(C)=NCc2ccccc2O)ccnc1C.CC1CC1.CCCCC(C=O)CC. The smallest absolute Gasteiger partial charge is 0.123 e. The highest BCUT2D eigenvalue weighted by Gasteiger charge is 2.12. The summed E-state index contributed by atoms with van der Waals surface area (Å²) in [6.45, 7) is 14.6. The number of para-hydroxylation sites is 1. The van der Waals surface area contributed by atoms with Crippen molar-refractivity contribution in [1.82, 2.24) is 4.98 Å². The van der Waals surface area contributed by atoms with Crippen LogP contribution in [0.2, 0.25) is 0 Å². The fourth-order valence-corrected chi connectivity index (χ4v) is 3.03. The van der Waals surface area contributed by atoms with Gasteiger partial charge in [-0.2, -0.15) is 0 Å². The maximum atomic E-state index is 10.2. The number of aryl methyl sites for hydroxylation is 1. The first-order valence-corrected chi connectivity index (χ1v) is 12.4. The van der Waals surface area contributed by atoms with Gasteiger partial charge in [-0.3, -0.25) is 9.98 Å². The second kappa shape index (κ2) is 16.6. The van der Waals surface area contributed by atoms with Crippen molar-refractivity contribution in [3.63, 3.8) is 0 Å². The molecule has 0 saturated heterocycles. The average molecular weight is 466 g/mol. The van der Waals surface area contributed by atoms with E-state index in [0.29, 0.717) is 12.5 Å². The first kappa shape index (κ1) is 29.1. The molecular formula is C29H43N3O2. The first-order chi connectivity index (χ1) is 16.4. The minimum Gasteiger partial charge on any atom is -0.508 e. The van der Waals surface area contributed by atoms with Crippen LogP contribution in [0.4, 0.5) is 5.69 Å². The molecule has 0 radical (unpaired) electrons. The number of amidine groups is 1. The van der Waals surface area contributed by atoms with Crippen LogP contribution in [0.3, 0.4) is 0 Å². The average Bonchev–Trinajstić information content (AvgIpc) is 3.62. The van der Waals surface area contributed by atoms with Crippen molar-refractivity contribution >= 4 is 23.9 Å². The number of aromatic hydroxyl groups is 1. The van der Waals surface area contributed by atoms with E-state index in [2.05, 4.69) is 42.6 Å². The standard InChI is InChI=1S/C17H19N3O.C8H16O.C4H8/c1-4-15-12(2)18-10-9-16(15)20-13(3)19-11-14-7-5-6-8-17(14)21;1-3-5-6-8(4-2)7-9;1-4-2-3-4/h4-10,21H,1,11H2,2-3H3,(H,18,19,20);7-8H,3-6H2,1-2H3;4H,2-3H2,1H3. The van der Waals surface area contributed by atoms with E-state index in [-0.39, 0.29) is 5.75 Å². The Balaban J connectivity index is 0.000000365. The van der Waals surface area contributed by atoms with Crippen molar-refractivity contribution in [3.05, 3.63) is 59.9 Å². The normalized spacial score (nSPS) is 13.5. The van der Waals surface area contributed by atoms with Crippen molar-refractivity contribution in [2.75, 3.05) is 5.32 Å². The summed E-state index contributed by atoms with van der Waals surface area (Å²) in [5.74, 6) is 2.44. The highest BCUT2D eigenvalue weighted by Crippen LogP contribution is 2.26. The van der Waals surface area contributed by atoms with Crippen LogP contribution in [0.1, 0.15) is 83.0 Å². The molecular weight excluding hydrogens is 422 g/mol. The molecule has 0 bridgehead atoms. The molecule has 186 valence electrons. The maximum Gasteiger partial charge on any atom is 0.123 e. The van der Waals surface area contributed by atoms with E-state index in [0.717, 1.165) is 53.4 Å². The Labute approximate surface area is 206 Å².